The minimum absolute atomic E-state index is 0.0434. The number of aromatic nitrogens is 1. The van der Waals surface area contributed by atoms with Crippen molar-refractivity contribution in [3.05, 3.63) is 58.2 Å². The average Bonchev–Trinajstić information content (AvgIpc) is 3.03. The molecular weight excluding hydrogens is 425 g/mol. The van der Waals surface area contributed by atoms with Crippen LogP contribution in [0.5, 0.6) is 0 Å². The first-order chi connectivity index (χ1) is 15.1. The Morgan fingerprint density at radius 2 is 1.94 bits per heavy atom. The van der Waals surface area contributed by atoms with Gasteiger partial charge in [0.05, 0.1) is 24.9 Å². The lowest BCUT2D eigenvalue weighted by atomic mass is 10.1. The van der Waals surface area contributed by atoms with Gasteiger partial charge < -0.3 is 19.9 Å². The third kappa shape index (κ3) is 5.56. The van der Waals surface area contributed by atoms with E-state index < -0.39 is 41.5 Å². The number of hydrogen-bond donors (Lipinski definition) is 2. The molecule has 0 radical (unpaired) electrons. The van der Waals surface area contributed by atoms with E-state index in [1.165, 1.54) is 6.08 Å². The molecule has 2 amide bonds. The Morgan fingerprint density at radius 1 is 1.25 bits per heavy atom. The molecule has 0 spiro atoms. The molecule has 0 fully saturated rings. The van der Waals surface area contributed by atoms with Gasteiger partial charge in [0.2, 0.25) is 5.91 Å². The van der Waals surface area contributed by atoms with Gasteiger partial charge in [-0.25, -0.2) is 13.2 Å². The standard InChI is InChI=1S/C22H23F3N4O3/c1-12-7-15(14(3)29(12)13(2)11-32-4)8-16(9-26)22(31)27-10-19(30)28-18-6-5-17(23)20(24)21(18)25/h5-8,13H,10-11H2,1-4H3,(H,27,31)(H,28,30)/b16-8+. The smallest absolute Gasteiger partial charge is 0.262 e. The number of anilines is 1. The number of methoxy groups -OCH3 is 1. The Balaban J connectivity index is 2.10. The largest absolute Gasteiger partial charge is 0.383 e. The van der Waals surface area contributed by atoms with Gasteiger partial charge in [0, 0.05) is 18.5 Å². The number of amides is 2. The fraction of sp³-hybridized carbons (Fsp3) is 0.318. The third-order valence-electron chi connectivity index (χ3n) is 4.76. The molecule has 2 N–H and O–H groups in total. The number of carbonyl (C=O) groups excluding carboxylic acids is 2. The van der Waals surface area contributed by atoms with E-state index in [-0.39, 0.29) is 11.6 Å². The molecular formula is C22H23F3N4O3. The summed E-state index contributed by atoms with van der Waals surface area (Å²) >= 11 is 0. The number of rotatable bonds is 8. The van der Waals surface area contributed by atoms with Crippen molar-refractivity contribution in [2.75, 3.05) is 25.6 Å². The average molecular weight is 448 g/mol. The van der Waals surface area contributed by atoms with Gasteiger partial charge in [-0.1, -0.05) is 0 Å². The first-order valence-electron chi connectivity index (χ1n) is 9.61. The van der Waals surface area contributed by atoms with Crippen LogP contribution in [-0.2, 0) is 14.3 Å². The minimum atomic E-state index is -1.72. The van der Waals surface area contributed by atoms with Gasteiger partial charge in [-0.2, -0.15) is 5.26 Å². The zero-order valence-electron chi connectivity index (χ0n) is 18.1. The summed E-state index contributed by atoms with van der Waals surface area (Å²) in [5, 5.41) is 13.7. The van der Waals surface area contributed by atoms with Crippen LogP contribution in [0.3, 0.4) is 0 Å². The highest BCUT2D eigenvalue weighted by atomic mass is 19.2. The number of nitriles is 1. The van der Waals surface area contributed by atoms with E-state index in [4.69, 9.17) is 4.74 Å². The van der Waals surface area contributed by atoms with Crippen LogP contribution in [-0.4, -0.2) is 36.6 Å². The predicted octanol–water partition coefficient (Wildman–Crippen LogP) is 3.39. The van der Waals surface area contributed by atoms with Crippen molar-refractivity contribution in [1.82, 2.24) is 9.88 Å². The van der Waals surface area contributed by atoms with E-state index in [9.17, 15) is 28.0 Å². The second kappa shape index (κ2) is 10.6. The van der Waals surface area contributed by atoms with Crippen molar-refractivity contribution in [3.8, 4) is 6.07 Å². The molecule has 0 saturated carbocycles. The number of hydrogen-bond acceptors (Lipinski definition) is 4. The van der Waals surface area contributed by atoms with Gasteiger partial charge in [-0.3, -0.25) is 9.59 Å². The maximum Gasteiger partial charge on any atom is 0.262 e. The molecule has 2 rings (SSSR count). The van der Waals surface area contributed by atoms with E-state index in [1.807, 2.05) is 36.7 Å². The lowest BCUT2D eigenvalue weighted by molar-refractivity contribution is -0.121. The highest BCUT2D eigenvalue weighted by Crippen LogP contribution is 2.23. The lowest BCUT2D eigenvalue weighted by Gasteiger charge is -2.17. The second-order valence-corrected chi connectivity index (χ2v) is 7.12. The predicted molar refractivity (Wildman–Crippen MR) is 112 cm³/mol. The van der Waals surface area contributed by atoms with Gasteiger partial charge in [0.15, 0.2) is 17.5 Å². The van der Waals surface area contributed by atoms with Gasteiger partial charge in [0.25, 0.3) is 5.91 Å². The highest BCUT2D eigenvalue weighted by molar-refractivity contribution is 6.04. The van der Waals surface area contributed by atoms with E-state index in [0.29, 0.717) is 18.2 Å². The molecule has 170 valence electrons. The summed E-state index contributed by atoms with van der Waals surface area (Å²) in [6.07, 6.45) is 1.40. The normalized spacial score (nSPS) is 12.2. The summed E-state index contributed by atoms with van der Waals surface area (Å²) in [6, 6.07) is 5.17. The number of nitrogens with zero attached hydrogens (tertiary/aromatic N) is 2. The molecule has 0 aliphatic heterocycles. The van der Waals surface area contributed by atoms with Crippen LogP contribution in [0.25, 0.3) is 6.08 Å². The summed E-state index contributed by atoms with van der Waals surface area (Å²) < 4.78 is 47.1. The van der Waals surface area contributed by atoms with Gasteiger partial charge >= 0.3 is 0 Å². The number of carbonyl (C=O) groups is 2. The Kier molecular flexibility index (Phi) is 8.21. The highest BCUT2D eigenvalue weighted by Gasteiger charge is 2.18. The van der Waals surface area contributed by atoms with Crippen molar-refractivity contribution in [3.63, 3.8) is 0 Å². The van der Waals surface area contributed by atoms with Crippen molar-refractivity contribution in [2.45, 2.75) is 26.8 Å². The van der Waals surface area contributed by atoms with E-state index in [2.05, 4.69) is 5.32 Å². The van der Waals surface area contributed by atoms with Gasteiger partial charge in [-0.05, 0) is 50.6 Å². The monoisotopic (exact) mass is 448 g/mol. The fourth-order valence-corrected chi connectivity index (χ4v) is 3.32. The molecule has 1 heterocycles. The molecule has 7 nitrogen and oxygen atoms in total. The van der Waals surface area contributed by atoms with Crippen LogP contribution in [0.15, 0.2) is 23.8 Å². The lowest BCUT2D eigenvalue weighted by Crippen LogP contribution is -2.33. The molecule has 1 aromatic heterocycles. The maximum atomic E-state index is 13.6. The van der Waals surface area contributed by atoms with E-state index in [1.54, 1.807) is 13.2 Å². The van der Waals surface area contributed by atoms with Crippen molar-refractivity contribution >= 4 is 23.6 Å². The molecule has 1 unspecified atom stereocenters. The van der Waals surface area contributed by atoms with Crippen LogP contribution in [0.4, 0.5) is 18.9 Å². The van der Waals surface area contributed by atoms with E-state index in [0.717, 1.165) is 17.5 Å². The summed E-state index contributed by atoms with van der Waals surface area (Å²) in [7, 11) is 1.60. The SMILES string of the molecule is COCC(C)n1c(C)cc(/C=C(\C#N)C(=O)NCC(=O)Nc2ccc(F)c(F)c2F)c1C. The summed E-state index contributed by atoms with van der Waals surface area (Å²) in [5.41, 5.74) is 1.60. The molecule has 1 aromatic carbocycles. The Hall–Kier alpha value is -3.58. The molecule has 0 aliphatic rings. The topological polar surface area (TPSA) is 96.2 Å². The Morgan fingerprint density at radius 3 is 2.56 bits per heavy atom. The third-order valence-corrected chi connectivity index (χ3v) is 4.76. The number of aryl methyl sites for hydroxylation is 1. The number of ether oxygens (including phenoxy) is 1. The molecule has 1 atom stereocenters. The van der Waals surface area contributed by atoms with Crippen LogP contribution in [0.2, 0.25) is 0 Å². The minimum Gasteiger partial charge on any atom is -0.383 e. The number of halogens is 3. The zero-order chi connectivity index (χ0) is 24.0. The first kappa shape index (κ1) is 24.7. The molecule has 2 aromatic rings. The number of nitrogens with one attached hydrogen (secondary N) is 2. The zero-order valence-corrected chi connectivity index (χ0v) is 18.1. The van der Waals surface area contributed by atoms with Gasteiger partial charge in [0.1, 0.15) is 11.6 Å². The molecule has 10 heteroatoms. The van der Waals surface area contributed by atoms with Crippen molar-refractivity contribution in [1.29, 1.82) is 5.26 Å². The van der Waals surface area contributed by atoms with Crippen LogP contribution in [0, 0.1) is 42.6 Å². The van der Waals surface area contributed by atoms with Crippen LogP contribution in [0.1, 0.15) is 29.9 Å². The second-order valence-electron chi connectivity index (χ2n) is 7.12. The fourth-order valence-electron chi connectivity index (χ4n) is 3.32. The summed E-state index contributed by atoms with van der Waals surface area (Å²) in [5.74, 6) is -6.37. The Bertz CT molecular complexity index is 1100. The van der Waals surface area contributed by atoms with Gasteiger partial charge in [-0.15, -0.1) is 0 Å². The Labute approximate surface area is 183 Å². The first-order valence-corrected chi connectivity index (χ1v) is 9.61. The summed E-state index contributed by atoms with van der Waals surface area (Å²) in [6.45, 7) is 5.59. The van der Waals surface area contributed by atoms with Crippen LogP contribution >= 0.6 is 0 Å². The van der Waals surface area contributed by atoms with Crippen molar-refractivity contribution < 1.29 is 27.5 Å². The number of benzene rings is 1. The summed E-state index contributed by atoms with van der Waals surface area (Å²) in [4.78, 5) is 24.3. The molecule has 0 aliphatic carbocycles. The quantitative estimate of drug-likeness (QED) is 0.368. The van der Waals surface area contributed by atoms with Crippen molar-refractivity contribution in [2.24, 2.45) is 0 Å². The van der Waals surface area contributed by atoms with E-state index >= 15 is 0 Å². The molecule has 0 bridgehead atoms. The molecule has 0 saturated heterocycles. The molecule has 32 heavy (non-hydrogen) atoms. The van der Waals surface area contributed by atoms with Crippen LogP contribution < -0.4 is 10.6 Å². The maximum absolute atomic E-state index is 13.6.